The molecule has 26 heavy (non-hydrogen) atoms. The number of halogens is 2. The van der Waals surface area contributed by atoms with Gasteiger partial charge in [-0.05, 0) is 37.4 Å². The third-order valence-electron chi connectivity index (χ3n) is 4.26. The molecule has 0 saturated carbocycles. The van der Waals surface area contributed by atoms with E-state index in [9.17, 15) is 9.18 Å². The Morgan fingerprint density at radius 2 is 1.62 bits per heavy atom. The highest BCUT2D eigenvalue weighted by molar-refractivity contribution is 5.85. The van der Waals surface area contributed by atoms with E-state index >= 15 is 0 Å². The summed E-state index contributed by atoms with van der Waals surface area (Å²) in [7, 11) is 0. The molecule has 0 aliphatic carbocycles. The Balaban J connectivity index is 0.00000338. The van der Waals surface area contributed by atoms with Crippen LogP contribution in [0.25, 0.3) is 0 Å². The highest BCUT2D eigenvalue weighted by Crippen LogP contribution is 2.21. The quantitative estimate of drug-likeness (QED) is 0.595. The van der Waals surface area contributed by atoms with Crippen LogP contribution in [0.15, 0.2) is 54.6 Å². The van der Waals surface area contributed by atoms with Crippen LogP contribution in [0.5, 0.6) is 0 Å². The molecule has 2 rings (SSSR count). The highest BCUT2D eigenvalue weighted by atomic mass is 35.5. The fourth-order valence-electron chi connectivity index (χ4n) is 2.90. The SMILES string of the molecule is Cl.NCCCCCCC(=O)NC(Cc1ccccc1)c1ccccc1F. The van der Waals surface area contributed by atoms with E-state index in [0.29, 0.717) is 24.9 Å². The first-order valence-corrected chi connectivity index (χ1v) is 8.98. The molecular weight excluding hydrogens is 351 g/mol. The first-order chi connectivity index (χ1) is 12.2. The summed E-state index contributed by atoms with van der Waals surface area (Å²) in [5.74, 6) is -0.316. The van der Waals surface area contributed by atoms with E-state index in [-0.39, 0.29) is 30.2 Å². The van der Waals surface area contributed by atoms with Gasteiger partial charge >= 0.3 is 0 Å². The zero-order chi connectivity index (χ0) is 17.9. The van der Waals surface area contributed by atoms with Gasteiger partial charge in [0, 0.05) is 12.0 Å². The monoisotopic (exact) mass is 378 g/mol. The normalized spacial score (nSPS) is 11.5. The van der Waals surface area contributed by atoms with Crippen LogP contribution >= 0.6 is 12.4 Å². The summed E-state index contributed by atoms with van der Waals surface area (Å²) in [6.45, 7) is 0.693. The molecule has 2 aromatic rings. The van der Waals surface area contributed by atoms with Gasteiger partial charge in [-0.2, -0.15) is 0 Å². The van der Waals surface area contributed by atoms with Gasteiger partial charge in [0.15, 0.2) is 0 Å². The average Bonchev–Trinajstić information content (AvgIpc) is 2.62. The van der Waals surface area contributed by atoms with Crippen LogP contribution in [0.2, 0.25) is 0 Å². The molecule has 0 saturated heterocycles. The van der Waals surface area contributed by atoms with Crippen LogP contribution in [0, 0.1) is 5.82 Å². The molecule has 0 heterocycles. The lowest BCUT2D eigenvalue weighted by Crippen LogP contribution is -2.30. The van der Waals surface area contributed by atoms with Gasteiger partial charge in [0.25, 0.3) is 0 Å². The predicted molar refractivity (Wildman–Crippen MR) is 107 cm³/mol. The maximum atomic E-state index is 14.2. The van der Waals surface area contributed by atoms with E-state index in [4.69, 9.17) is 5.73 Å². The zero-order valence-corrected chi connectivity index (χ0v) is 15.8. The number of benzene rings is 2. The lowest BCUT2D eigenvalue weighted by atomic mass is 9.98. The summed E-state index contributed by atoms with van der Waals surface area (Å²) in [6, 6.07) is 16.1. The number of nitrogens with one attached hydrogen (secondary N) is 1. The summed E-state index contributed by atoms with van der Waals surface area (Å²) in [5, 5.41) is 3.01. The van der Waals surface area contributed by atoms with E-state index in [1.807, 2.05) is 30.3 Å². The predicted octanol–water partition coefficient (Wildman–Crippen LogP) is 4.56. The van der Waals surface area contributed by atoms with E-state index in [1.54, 1.807) is 18.2 Å². The third kappa shape index (κ3) is 7.54. The smallest absolute Gasteiger partial charge is 0.220 e. The lowest BCUT2D eigenvalue weighted by molar-refractivity contribution is -0.122. The number of nitrogens with two attached hydrogens (primary N) is 1. The molecule has 2 aromatic carbocycles. The molecule has 0 fully saturated rings. The Morgan fingerprint density at radius 1 is 0.962 bits per heavy atom. The Labute approximate surface area is 161 Å². The van der Waals surface area contributed by atoms with Crippen LogP contribution in [0.4, 0.5) is 4.39 Å². The van der Waals surface area contributed by atoms with Crippen molar-refractivity contribution in [3.05, 3.63) is 71.5 Å². The number of rotatable bonds is 10. The summed E-state index contributed by atoms with van der Waals surface area (Å²) in [5.41, 5.74) is 7.07. The number of carbonyl (C=O) groups is 1. The zero-order valence-electron chi connectivity index (χ0n) is 15.0. The molecule has 0 bridgehead atoms. The molecule has 0 aliphatic rings. The second-order valence-corrected chi connectivity index (χ2v) is 6.28. The van der Waals surface area contributed by atoms with Crippen LogP contribution < -0.4 is 11.1 Å². The van der Waals surface area contributed by atoms with Crippen LogP contribution in [-0.4, -0.2) is 12.5 Å². The molecule has 5 heteroatoms. The Bertz CT molecular complexity index is 651. The molecule has 0 aliphatic heterocycles. The fraction of sp³-hybridized carbons (Fsp3) is 0.381. The van der Waals surface area contributed by atoms with Crippen molar-refractivity contribution in [3.63, 3.8) is 0 Å². The summed E-state index contributed by atoms with van der Waals surface area (Å²) >= 11 is 0. The van der Waals surface area contributed by atoms with Crippen molar-refractivity contribution in [2.75, 3.05) is 6.54 Å². The van der Waals surface area contributed by atoms with Crippen molar-refractivity contribution in [2.24, 2.45) is 5.73 Å². The minimum absolute atomic E-state index is 0. The summed E-state index contributed by atoms with van der Waals surface area (Å²) < 4.78 is 14.2. The topological polar surface area (TPSA) is 55.1 Å². The van der Waals surface area contributed by atoms with E-state index in [0.717, 1.165) is 31.2 Å². The first-order valence-electron chi connectivity index (χ1n) is 8.98. The second kappa shape index (κ2) is 12.4. The standard InChI is InChI=1S/C21H27FN2O.ClH/c22-19-13-8-7-12-18(19)20(16-17-10-4-3-5-11-17)24-21(25)14-6-1-2-9-15-23;/h3-5,7-8,10-13,20H,1-2,6,9,14-16,23H2,(H,24,25);1H. The molecule has 3 nitrogen and oxygen atoms in total. The number of unbranched alkanes of at least 4 members (excludes halogenated alkanes) is 3. The largest absolute Gasteiger partial charge is 0.349 e. The van der Waals surface area contributed by atoms with Gasteiger partial charge in [-0.25, -0.2) is 4.39 Å². The second-order valence-electron chi connectivity index (χ2n) is 6.28. The molecule has 1 unspecified atom stereocenters. The Hall–Kier alpha value is -1.91. The molecule has 0 radical (unpaired) electrons. The molecular formula is C21H28ClFN2O. The lowest BCUT2D eigenvalue weighted by Gasteiger charge is -2.20. The number of amides is 1. The molecule has 3 N–H and O–H groups in total. The van der Waals surface area contributed by atoms with E-state index in [2.05, 4.69) is 5.32 Å². The van der Waals surface area contributed by atoms with Crippen molar-refractivity contribution in [1.29, 1.82) is 0 Å². The van der Waals surface area contributed by atoms with Crippen LogP contribution in [0.1, 0.15) is 49.3 Å². The molecule has 142 valence electrons. The number of hydrogen-bond donors (Lipinski definition) is 2. The van der Waals surface area contributed by atoms with Crippen molar-refractivity contribution in [3.8, 4) is 0 Å². The van der Waals surface area contributed by atoms with Crippen molar-refractivity contribution in [1.82, 2.24) is 5.32 Å². The van der Waals surface area contributed by atoms with Gasteiger partial charge in [0.2, 0.25) is 5.91 Å². The van der Waals surface area contributed by atoms with Gasteiger partial charge in [0.1, 0.15) is 5.82 Å². The minimum Gasteiger partial charge on any atom is -0.349 e. The Kier molecular flexibility index (Phi) is 10.6. The summed E-state index contributed by atoms with van der Waals surface area (Å²) in [6.07, 6.45) is 4.90. The van der Waals surface area contributed by atoms with Crippen molar-refractivity contribution in [2.45, 2.75) is 44.6 Å². The molecule has 1 amide bonds. The van der Waals surface area contributed by atoms with Crippen LogP contribution in [-0.2, 0) is 11.2 Å². The maximum absolute atomic E-state index is 14.2. The van der Waals surface area contributed by atoms with E-state index in [1.165, 1.54) is 6.07 Å². The van der Waals surface area contributed by atoms with Gasteiger partial charge < -0.3 is 11.1 Å². The van der Waals surface area contributed by atoms with Gasteiger partial charge in [-0.3, -0.25) is 4.79 Å². The maximum Gasteiger partial charge on any atom is 0.220 e. The molecule has 0 aromatic heterocycles. The minimum atomic E-state index is -0.361. The first kappa shape index (κ1) is 22.1. The number of hydrogen-bond acceptors (Lipinski definition) is 2. The van der Waals surface area contributed by atoms with Crippen LogP contribution in [0.3, 0.4) is 0 Å². The van der Waals surface area contributed by atoms with E-state index < -0.39 is 0 Å². The van der Waals surface area contributed by atoms with Gasteiger partial charge in [0.05, 0.1) is 6.04 Å². The fourth-order valence-corrected chi connectivity index (χ4v) is 2.90. The molecule has 1 atom stereocenters. The van der Waals surface area contributed by atoms with Crippen molar-refractivity contribution >= 4 is 18.3 Å². The third-order valence-corrected chi connectivity index (χ3v) is 4.26. The van der Waals surface area contributed by atoms with Gasteiger partial charge in [-0.1, -0.05) is 61.4 Å². The van der Waals surface area contributed by atoms with Crippen molar-refractivity contribution < 1.29 is 9.18 Å². The number of carbonyl (C=O) groups excluding carboxylic acids is 1. The summed E-state index contributed by atoms with van der Waals surface area (Å²) in [4.78, 5) is 12.3. The average molecular weight is 379 g/mol. The Morgan fingerprint density at radius 3 is 2.31 bits per heavy atom. The highest BCUT2D eigenvalue weighted by Gasteiger charge is 2.18. The molecule has 0 spiro atoms. The van der Waals surface area contributed by atoms with Gasteiger partial charge in [-0.15, -0.1) is 12.4 Å².